The first kappa shape index (κ1) is 18.7. The molecule has 0 aromatic heterocycles. The molecule has 1 amide bonds. The maximum absolute atomic E-state index is 12.8. The molecule has 134 valence electrons. The number of amides is 1. The first-order valence-corrected chi connectivity index (χ1v) is 8.11. The lowest BCUT2D eigenvalue weighted by molar-refractivity contribution is -0.183. The quantitative estimate of drug-likeness (QED) is 0.913. The molecule has 1 saturated heterocycles. The second kappa shape index (κ2) is 7.53. The summed E-state index contributed by atoms with van der Waals surface area (Å²) in [6.45, 7) is 6.40. The molecule has 7 heteroatoms. The maximum atomic E-state index is 12.8. The molecule has 0 aliphatic carbocycles. The Morgan fingerprint density at radius 3 is 2.17 bits per heavy atom. The minimum atomic E-state index is -4.21. The van der Waals surface area contributed by atoms with Gasteiger partial charge >= 0.3 is 6.18 Å². The number of para-hydroxylation sites is 1. The van der Waals surface area contributed by atoms with Crippen LogP contribution in [0.3, 0.4) is 0 Å². The number of hydrogen-bond donors (Lipinski definition) is 1. The Labute approximate surface area is 140 Å². The molecule has 0 bridgehead atoms. The Morgan fingerprint density at radius 2 is 1.62 bits per heavy atom. The first-order valence-electron chi connectivity index (χ1n) is 8.11. The van der Waals surface area contributed by atoms with Crippen LogP contribution in [0.4, 0.5) is 18.9 Å². The Balaban J connectivity index is 1.89. The van der Waals surface area contributed by atoms with Crippen LogP contribution in [-0.4, -0.2) is 60.1 Å². The van der Waals surface area contributed by atoms with E-state index in [2.05, 4.69) is 5.32 Å². The third-order valence-corrected chi connectivity index (χ3v) is 4.70. The zero-order valence-corrected chi connectivity index (χ0v) is 14.2. The van der Waals surface area contributed by atoms with Gasteiger partial charge in [0.2, 0.25) is 5.91 Å². The number of piperazine rings is 1. The number of carbonyl (C=O) groups is 1. The number of nitrogens with one attached hydrogen (secondary N) is 1. The standard InChI is InChI=1S/C17H24F3N3O/c1-12-6-4-5-7-15(12)21-16(24)13(2)22-8-10-23(11-9-22)14(3)17(18,19)20/h4-7,13-14H,8-11H2,1-3H3,(H,21,24)/t13-,14-/m0/s1. The van der Waals surface area contributed by atoms with Crippen LogP contribution >= 0.6 is 0 Å². The minimum Gasteiger partial charge on any atom is -0.324 e. The molecule has 4 nitrogen and oxygen atoms in total. The molecule has 1 aromatic rings. The van der Waals surface area contributed by atoms with Crippen molar-refractivity contribution in [1.29, 1.82) is 0 Å². The van der Waals surface area contributed by atoms with Crippen molar-refractivity contribution in [3.8, 4) is 0 Å². The highest BCUT2D eigenvalue weighted by molar-refractivity contribution is 5.95. The van der Waals surface area contributed by atoms with Crippen LogP contribution in [-0.2, 0) is 4.79 Å². The Bertz CT molecular complexity index is 568. The first-order chi connectivity index (χ1) is 11.2. The molecule has 1 aliphatic heterocycles. The summed E-state index contributed by atoms with van der Waals surface area (Å²) in [5, 5.41) is 2.89. The summed E-state index contributed by atoms with van der Waals surface area (Å²) < 4.78 is 38.3. The molecule has 1 aromatic carbocycles. The van der Waals surface area contributed by atoms with Crippen molar-refractivity contribution >= 4 is 11.6 Å². The van der Waals surface area contributed by atoms with E-state index in [4.69, 9.17) is 0 Å². The van der Waals surface area contributed by atoms with Gasteiger partial charge in [-0.2, -0.15) is 13.2 Å². The van der Waals surface area contributed by atoms with Crippen molar-refractivity contribution in [3.63, 3.8) is 0 Å². The fraction of sp³-hybridized carbons (Fsp3) is 0.588. The molecule has 2 rings (SSSR count). The predicted molar refractivity (Wildman–Crippen MR) is 87.9 cm³/mol. The van der Waals surface area contributed by atoms with Crippen molar-refractivity contribution < 1.29 is 18.0 Å². The summed E-state index contributed by atoms with van der Waals surface area (Å²) in [6.07, 6.45) is -4.21. The summed E-state index contributed by atoms with van der Waals surface area (Å²) in [6, 6.07) is 5.67. The fourth-order valence-corrected chi connectivity index (χ4v) is 2.84. The van der Waals surface area contributed by atoms with E-state index in [-0.39, 0.29) is 11.9 Å². The van der Waals surface area contributed by atoms with Crippen LogP contribution in [0.1, 0.15) is 19.4 Å². The molecule has 0 saturated carbocycles. The molecule has 1 fully saturated rings. The third-order valence-electron chi connectivity index (χ3n) is 4.70. The molecule has 1 N–H and O–H groups in total. The molecule has 0 spiro atoms. The zero-order chi connectivity index (χ0) is 17.9. The lowest BCUT2D eigenvalue weighted by atomic mass is 10.1. The van der Waals surface area contributed by atoms with Crippen molar-refractivity contribution in [1.82, 2.24) is 9.80 Å². The summed E-state index contributed by atoms with van der Waals surface area (Å²) in [5.74, 6) is -0.137. The van der Waals surface area contributed by atoms with Gasteiger partial charge in [-0.15, -0.1) is 0 Å². The predicted octanol–water partition coefficient (Wildman–Crippen LogP) is 2.89. The number of benzene rings is 1. The molecular formula is C17H24F3N3O. The average Bonchev–Trinajstić information content (AvgIpc) is 2.55. The number of halogens is 3. The molecular weight excluding hydrogens is 319 g/mol. The van der Waals surface area contributed by atoms with Crippen LogP contribution in [0.25, 0.3) is 0 Å². The second-order valence-electron chi connectivity index (χ2n) is 6.27. The van der Waals surface area contributed by atoms with Gasteiger partial charge in [-0.3, -0.25) is 14.6 Å². The summed E-state index contributed by atoms with van der Waals surface area (Å²) in [7, 11) is 0. The highest BCUT2D eigenvalue weighted by Crippen LogP contribution is 2.25. The highest BCUT2D eigenvalue weighted by Gasteiger charge is 2.41. The van der Waals surface area contributed by atoms with Crippen molar-refractivity contribution in [2.24, 2.45) is 0 Å². The zero-order valence-electron chi connectivity index (χ0n) is 14.2. The van der Waals surface area contributed by atoms with Crippen LogP contribution in [0, 0.1) is 6.92 Å². The Morgan fingerprint density at radius 1 is 1.08 bits per heavy atom. The Kier molecular flexibility index (Phi) is 5.87. The molecule has 24 heavy (non-hydrogen) atoms. The van der Waals surface area contributed by atoms with Gasteiger partial charge in [-0.1, -0.05) is 18.2 Å². The van der Waals surface area contributed by atoms with Gasteiger partial charge in [-0.05, 0) is 32.4 Å². The number of nitrogens with zero attached hydrogens (tertiary/aromatic N) is 2. The van der Waals surface area contributed by atoms with E-state index in [0.29, 0.717) is 26.2 Å². The van der Waals surface area contributed by atoms with Crippen LogP contribution in [0.5, 0.6) is 0 Å². The normalized spacial score (nSPS) is 19.8. The molecule has 2 atom stereocenters. The number of alkyl halides is 3. The summed E-state index contributed by atoms with van der Waals surface area (Å²) in [5.41, 5.74) is 1.74. The number of anilines is 1. The van der Waals surface area contributed by atoms with Gasteiger partial charge in [0.15, 0.2) is 0 Å². The Hall–Kier alpha value is -1.60. The molecule has 0 radical (unpaired) electrons. The SMILES string of the molecule is Cc1ccccc1NC(=O)[C@H](C)N1CCN([C@@H](C)C(F)(F)F)CC1. The van der Waals surface area contributed by atoms with Gasteiger partial charge in [0.05, 0.1) is 6.04 Å². The van der Waals surface area contributed by atoms with Gasteiger partial charge in [-0.25, -0.2) is 0 Å². The van der Waals surface area contributed by atoms with Gasteiger partial charge in [0, 0.05) is 31.9 Å². The smallest absolute Gasteiger partial charge is 0.324 e. The number of aryl methyl sites for hydroxylation is 1. The lowest BCUT2D eigenvalue weighted by Crippen LogP contribution is -2.56. The number of hydrogen-bond acceptors (Lipinski definition) is 3. The summed E-state index contributed by atoms with van der Waals surface area (Å²) >= 11 is 0. The van der Waals surface area contributed by atoms with Crippen molar-refractivity contribution in [2.45, 2.75) is 39.0 Å². The van der Waals surface area contributed by atoms with E-state index < -0.39 is 12.2 Å². The topological polar surface area (TPSA) is 35.6 Å². The van der Waals surface area contributed by atoms with Crippen LogP contribution in [0.2, 0.25) is 0 Å². The van der Waals surface area contributed by atoms with Crippen LogP contribution in [0.15, 0.2) is 24.3 Å². The van der Waals surface area contributed by atoms with Gasteiger partial charge < -0.3 is 5.32 Å². The van der Waals surface area contributed by atoms with E-state index in [0.717, 1.165) is 11.3 Å². The van der Waals surface area contributed by atoms with Crippen LogP contribution < -0.4 is 5.32 Å². The van der Waals surface area contributed by atoms with Crippen molar-refractivity contribution in [3.05, 3.63) is 29.8 Å². The summed E-state index contributed by atoms with van der Waals surface area (Å²) in [4.78, 5) is 15.7. The van der Waals surface area contributed by atoms with E-state index in [9.17, 15) is 18.0 Å². The second-order valence-corrected chi connectivity index (χ2v) is 6.27. The van der Waals surface area contributed by atoms with E-state index in [1.54, 1.807) is 6.92 Å². The molecule has 1 aliphatic rings. The van der Waals surface area contributed by atoms with Gasteiger partial charge in [0.1, 0.15) is 6.04 Å². The molecule has 0 unspecified atom stereocenters. The van der Waals surface area contributed by atoms with E-state index >= 15 is 0 Å². The maximum Gasteiger partial charge on any atom is 0.403 e. The van der Waals surface area contributed by atoms with Crippen molar-refractivity contribution in [2.75, 3.05) is 31.5 Å². The third kappa shape index (κ3) is 4.48. The number of carbonyl (C=O) groups excluding carboxylic acids is 1. The van der Waals surface area contributed by atoms with E-state index in [1.165, 1.54) is 11.8 Å². The van der Waals surface area contributed by atoms with E-state index in [1.807, 2.05) is 36.1 Å². The average molecular weight is 343 g/mol. The largest absolute Gasteiger partial charge is 0.403 e. The van der Waals surface area contributed by atoms with Gasteiger partial charge in [0.25, 0.3) is 0 Å². The number of rotatable bonds is 4. The lowest BCUT2D eigenvalue weighted by Gasteiger charge is -2.40. The molecule has 1 heterocycles. The highest BCUT2D eigenvalue weighted by atomic mass is 19.4. The minimum absolute atomic E-state index is 0.137. The monoisotopic (exact) mass is 343 g/mol. The fourth-order valence-electron chi connectivity index (χ4n) is 2.84.